The molecule has 1 nitrogen and oxygen atoms in total. The Bertz CT molecular complexity index is 373. The van der Waals surface area contributed by atoms with Crippen molar-refractivity contribution in [1.29, 1.82) is 0 Å². The van der Waals surface area contributed by atoms with Crippen LogP contribution in [-0.4, -0.2) is 5.94 Å². The molecular formula is C13H16O. The van der Waals surface area contributed by atoms with Gasteiger partial charge in [-0.3, -0.25) is 0 Å². The summed E-state index contributed by atoms with van der Waals surface area (Å²) in [5.74, 6) is 2.04. The first kappa shape index (κ1) is 10.7. The van der Waals surface area contributed by atoms with Gasteiger partial charge in [0.15, 0.2) is 0 Å². The zero-order valence-electron chi connectivity index (χ0n) is 9.27. The molecule has 0 heterocycles. The molecule has 1 aromatic carbocycles. The lowest BCUT2D eigenvalue weighted by Crippen LogP contribution is -1.94. The lowest BCUT2D eigenvalue weighted by molar-refractivity contribution is 0.569. The Hall–Kier alpha value is -1.33. The van der Waals surface area contributed by atoms with E-state index >= 15 is 0 Å². The van der Waals surface area contributed by atoms with Crippen LogP contribution < -0.4 is 0 Å². The molecule has 0 atom stereocenters. The van der Waals surface area contributed by atoms with Crippen molar-refractivity contribution >= 4 is 11.5 Å². The van der Waals surface area contributed by atoms with E-state index in [1.54, 1.807) is 0 Å². The fourth-order valence-electron chi connectivity index (χ4n) is 1.96. The van der Waals surface area contributed by atoms with Gasteiger partial charge in [-0.2, -0.15) is 0 Å². The number of rotatable bonds is 2. The van der Waals surface area contributed by atoms with Crippen LogP contribution in [0.1, 0.15) is 35.6 Å². The molecule has 1 aromatic rings. The Morgan fingerprint density at radius 2 is 1.71 bits per heavy atom. The van der Waals surface area contributed by atoms with Crippen molar-refractivity contribution in [2.75, 3.05) is 0 Å². The molecule has 0 spiro atoms. The van der Waals surface area contributed by atoms with Gasteiger partial charge in [0.2, 0.25) is 0 Å². The topological polar surface area (TPSA) is 17.1 Å². The van der Waals surface area contributed by atoms with E-state index in [0.717, 1.165) is 17.6 Å². The summed E-state index contributed by atoms with van der Waals surface area (Å²) in [6.07, 6.45) is 0.744. The molecule has 0 N–H and O–H groups in total. The number of carbonyl (C=O) groups excluding carboxylic acids is 1. The molecule has 0 amide bonds. The third kappa shape index (κ3) is 1.94. The maximum atomic E-state index is 10.8. The van der Waals surface area contributed by atoms with Gasteiger partial charge in [-0.15, -0.1) is 0 Å². The first-order chi connectivity index (χ1) is 6.60. The molecule has 0 radical (unpaired) electrons. The van der Waals surface area contributed by atoms with Crippen LogP contribution in [-0.2, 0) is 4.79 Å². The van der Waals surface area contributed by atoms with E-state index in [2.05, 4.69) is 19.1 Å². The van der Waals surface area contributed by atoms with E-state index in [9.17, 15) is 4.79 Å². The molecule has 14 heavy (non-hydrogen) atoms. The van der Waals surface area contributed by atoms with E-state index in [1.807, 2.05) is 26.7 Å². The van der Waals surface area contributed by atoms with Crippen molar-refractivity contribution in [2.45, 2.75) is 34.1 Å². The summed E-state index contributed by atoms with van der Waals surface area (Å²) in [5.41, 5.74) is 5.43. The van der Waals surface area contributed by atoms with Crippen molar-refractivity contribution in [1.82, 2.24) is 0 Å². The smallest absolute Gasteiger partial charge is 0.128 e. The lowest BCUT2D eigenvalue weighted by atomic mass is 9.93. The summed E-state index contributed by atoms with van der Waals surface area (Å²) in [7, 11) is 0. The van der Waals surface area contributed by atoms with Crippen molar-refractivity contribution in [3.63, 3.8) is 0 Å². The van der Waals surface area contributed by atoms with Gasteiger partial charge in [0.05, 0.1) is 0 Å². The number of benzene rings is 1. The van der Waals surface area contributed by atoms with Crippen molar-refractivity contribution in [3.8, 4) is 0 Å². The maximum Gasteiger partial charge on any atom is 0.128 e. The van der Waals surface area contributed by atoms with Crippen LogP contribution in [0.5, 0.6) is 0 Å². The molecular weight excluding hydrogens is 172 g/mol. The Balaban J connectivity index is 3.41. The Kier molecular flexibility index (Phi) is 3.27. The van der Waals surface area contributed by atoms with Crippen LogP contribution in [0.2, 0.25) is 0 Å². The molecule has 1 rings (SSSR count). The van der Waals surface area contributed by atoms with Crippen LogP contribution in [0.15, 0.2) is 12.1 Å². The highest BCUT2D eigenvalue weighted by Gasteiger charge is 2.08. The van der Waals surface area contributed by atoms with Gasteiger partial charge in [-0.25, -0.2) is 4.79 Å². The van der Waals surface area contributed by atoms with E-state index < -0.39 is 0 Å². The molecule has 0 saturated heterocycles. The highest BCUT2D eigenvalue weighted by Crippen LogP contribution is 2.24. The van der Waals surface area contributed by atoms with Gasteiger partial charge in [-0.05, 0) is 43.9 Å². The molecule has 0 aliphatic rings. The number of allylic oxidation sites excluding steroid dienone is 1. The first-order valence-corrected chi connectivity index (χ1v) is 4.92. The Labute approximate surface area is 85.5 Å². The summed E-state index contributed by atoms with van der Waals surface area (Å²) < 4.78 is 0. The van der Waals surface area contributed by atoms with Gasteiger partial charge < -0.3 is 0 Å². The molecule has 0 unspecified atom stereocenters. The zero-order valence-corrected chi connectivity index (χ0v) is 9.27. The summed E-state index contributed by atoms with van der Waals surface area (Å²) in [4.78, 5) is 10.8. The number of hydrogen-bond donors (Lipinski definition) is 0. The summed E-state index contributed by atoms with van der Waals surface area (Å²) in [5, 5.41) is 0. The van der Waals surface area contributed by atoms with Gasteiger partial charge in [0.25, 0.3) is 0 Å². The molecule has 0 aromatic heterocycles. The standard InChI is InChI=1S/C13H16O/c1-5-12(8-14)13-10(3)6-9(2)7-11(13)4/h6-7H,5H2,1-4H3. The van der Waals surface area contributed by atoms with Crippen LogP contribution >= 0.6 is 0 Å². The third-order valence-corrected chi connectivity index (χ3v) is 2.46. The van der Waals surface area contributed by atoms with Crippen LogP contribution in [0, 0.1) is 20.8 Å². The maximum absolute atomic E-state index is 10.8. The third-order valence-electron chi connectivity index (χ3n) is 2.46. The summed E-state index contributed by atoms with van der Waals surface area (Å²) in [6.45, 7) is 8.14. The summed E-state index contributed by atoms with van der Waals surface area (Å²) >= 11 is 0. The van der Waals surface area contributed by atoms with Gasteiger partial charge in [-0.1, -0.05) is 24.6 Å². The second-order valence-corrected chi connectivity index (χ2v) is 3.71. The van der Waals surface area contributed by atoms with Crippen molar-refractivity contribution < 1.29 is 4.79 Å². The highest BCUT2D eigenvalue weighted by molar-refractivity contribution is 5.89. The van der Waals surface area contributed by atoms with Gasteiger partial charge >= 0.3 is 0 Å². The molecule has 1 heteroatoms. The second kappa shape index (κ2) is 4.26. The van der Waals surface area contributed by atoms with E-state index in [4.69, 9.17) is 0 Å². The average Bonchev–Trinajstić information content (AvgIpc) is 2.10. The number of hydrogen-bond acceptors (Lipinski definition) is 1. The zero-order chi connectivity index (χ0) is 10.7. The Morgan fingerprint density at radius 3 is 2.07 bits per heavy atom. The minimum absolute atomic E-state index is 0.744. The normalized spacial score (nSPS) is 9.71. The lowest BCUT2D eigenvalue weighted by Gasteiger charge is -2.10. The van der Waals surface area contributed by atoms with E-state index in [1.165, 1.54) is 16.7 Å². The minimum Gasteiger partial charge on any atom is -0.233 e. The molecule has 0 bridgehead atoms. The van der Waals surface area contributed by atoms with Crippen LogP contribution in [0.25, 0.3) is 5.57 Å². The minimum atomic E-state index is 0.744. The molecule has 74 valence electrons. The van der Waals surface area contributed by atoms with Crippen LogP contribution in [0.3, 0.4) is 0 Å². The SMILES string of the molecule is CCC(=C=O)c1c(C)cc(C)cc1C. The average molecular weight is 188 g/mol. The fourth-order valence-corrected chi connectivity index (χ4v) is 1.96. The number of aryl methyl sites for hydroxylation is 3. The fraction of sp³-hybridized carbons (Fsp3) is 0.385. The summed E-state index contributed by atoms with van der Waals surface area (Å²) in [6, 6.07) is 4.21. The van der Waals surface area contributed by atoms with Gasteiger partial charge in [0, 0.05) is 5.57 Å². The molecule has 0 fully saturated rings. The quantitative estimate of drug-likeness (QED) is 0.651. The van der Waals surface area contributed by atoms with E-state index in [-0.39, 0.29) is 0 Å². The predicted molar refractivity (Wildman–Crippen MR) is 60.0 cm³/mol. The highest BCUT2D eigenvalue weighted by atomic mass is 16.1. The predicted octanol–water partition coefficient (Wildman–Crippen LogP) is 3.24. The monoisotopic (exact) mass is 188 g/mol. The Morgan fingerprint density at radius 1 is 1.21 bits per heavy atom. The van der Waals surface area contributed by atoms with Crippen molar-refractivity contribution in [3.05, 3.63) is 34.4 Å². The van der Waals surface area contributed by atoms with Gasteiger partial charge in [0.1, 0.15) is 5.94 Å². The second-order valence-electron chi connectivity index (χ2n) is 3.71. The molecule has 0 aliphatic carbocycles. The molecule has 0 aliphatic heterocycles. The van der Waals surface area contributed by atoms with E-state index in [0.29, 0.717) is 0 Å². The first-order valence-electron chi connectivity index (χ1n) is 4.92. The van der Waals surface area contributed by atoms with Crippen LogP contribution in [0.4, 0.5) is 0 Å². The largest absolute Gasteiger partial charge is 0.233 e. The van der Waals surface area contributed by atoms with Crippen molar-refractivity contribution in [2.24, 2.45) is 0 Å². The molecule has 0 saturated carbocycles.